The summed E-state index contributed by atoms with van der Waals surface area (Å²) in [5.41, 5.74) is -0.557. The number of carbonyl (C=O) groups excluding carboxylic acids is 2. The highest BCUT2D eigenvalue weighted by molar-refractivity contribution is 6.21. The Bertz CT molecular complexity index is 442. The first-order valence-corrected chi connectivity index (χ1v) is 5.54. The summed E-state index contributed by atoms with van der Waals surface area (Å²) in [4.78, 5) is 24.9. The first-order chi connectivity index (χ1) is 7.90. The van der Waals surface area contributed by atoms with E-state index in [2.05, 4.69) is 0 Å². The molecule has 0 saturated heterocycles. The second kappa shape index (κ2) is 3.95. The third-order valence-corrected chi connectivity index (χ3v) is 2.81. The molecule has 1 heterocycles. The van der Waals surface area contributed by atoms with E-state index in [9.17, 15) is 14.0 Å². The van der Waals surface area contributed by atoms with Gasteiger partial charge in [-0.05, 0) is 32.4 Å². The maximum absolute atomic E-state index is 13.4. The topological polar surface area (TPSA) is 37.4 Å². The zero-order valence-corrected chi connectivity index (χ0v) is 9.87. The van der Waals surface area contributed by atoms with Crippen LogP contribution in [0.5, 0.6) is 0 Å². The number of rotatable bonds is 3. The Morgan fingerprint density at radius 3 is 2.00 bits per heavy atom. The highest BCUT2D eigenvalue weighted by Gasteiger charge is 2.35. The molecule has 0 unspecified atom stereocenters. The van der Waals surface area contributed by atoms with Crippen molar-refractivity contribution >= 4 is 11.8 Å². The molecule has 0 spiro atoms. The number of fused-ring (bicyclic) bond motifs is 1. The van der Waals surface area contributed by atoms with E-state index in [1.54, 1.807) is 24.3 Å². The Hall–Kier alpha value is -1.71. The highest BCUT2D eigenvalue weighted by Crippen LogP contribution is 2.24. The van der Waals surface area contributed by atoms with Crippen molar-refractivity contribution in [3.8, 4) is 0 Å². The molecule has 0 radical (unpaired) electrons. The van der Waals surface area contributed by atoms with Crippen LogP contribution in [-0.4, -0.2) is 28.9 Å². The van der Waals surface area contributed by atoms with Crippen LogP contribution in [0.25, 0.3) is 0 Å². The monoisotopic (exact) mass is 235 g/mol. The van der Waals surface area contributed by atoms with E-state index in [1.165, 1.54) is 13.8 Å². The molecule has 1 aliphatic heterocycles. The van der Waals surface area contributed by atoms with Gasteiger partial charge in [-0.15, -0.1) is 0 Å². The molecule has 17 heavy (non-hydrogen) atoms. The number of benzene rings is 1. The second-order valence-corrected chi connectivity index (χ2v) is 4.78. The standard InChI is InChI=1S/C13H14FNO2/c1-13(2,14)7-8-15-11(16)9-5-3-4-6-10(9)12(15)17/h3-6H,7-8H2,1-2H3. The number of carbonyl (C=O) groups is 2. The van der Waals surface area contributed by atoms with E-state index in [1.807, 2.05) is 0 Å². The summed E-state index contributed by atoms with van der Waals surface area (Å²) in [5.74, 6) is -0.648. The van der Waals surface area contributed by atoms with Crippen molar-refractivity contribution < 1.29 is 14.0 Å². The van der Waals surface area contributed by atoms with Gasteiger partial charge in [0.2, 0.25) is 0 Å². The summed E-state index contributed by atoms with van der Waals surface area (Å²) in [5, 5.41) is 0. The van der Waals surface area contributed by atoms with Crippen LogP contribution in [0.2, 0.25) is 0 Å². The molecule has 4 heteroatoms. The molecular formula is C13H14FNO2. The van der Waals surface area contributed by atoms with Gasteiger partial charge in [0.15, 0.2) is 0 Å². The summed E-state index contributed by atoms with van der Waals surface area (Å²) < 4.78 is 13.4. The van der Waals surface area contributed by atoms with Crippen molar-refractivity contribution in [2.24, 2.45) is 0 Å². The molecule has 0 aromatic heterocycles. The molecular weight excluding hydrogens is 221 g/mol. The van der Waals surface area contributed by atoms with Gasteiger partial charge in [-0.2, -0.15) is 0 Å². The Balaban J connectivity index is 2.19. The smallest absolute Gasteiger partial charge is 0.261 e. The molecule has 1 aromatic rings. The molecule has 1 aromatic carbocycles. The Labute approximate surface area is 99.2 Å². The first-order valence-electron chi connectivity index (χ1n) is 5.54. The fourth-order valence-electron chi connectivity index (χ4n) is 1.82. The lowest BCUT2D eigenvalue weighted by Crippen LogP contribution is -2.33. The minimum absolute atomic E-state index is 0.121. The summed E-state index contributed by atoms with van der Waals surface area (Å²) in [6, 6.07) is 6.67. The fourth-order valence-corrected chi connectivity index (χ4v) is 1.82. The Morgan fingerprint density at radius 2 is 1.59 bits per heavy atom. The van der Waals surface area contributed by atoms with Crippen molar-refractivity contribution in [1.29, 1.82) is 0 Å². The lowest BCUT2D eigenvalue weighted by atomic mass is 10.1. The van der Waals surface area contributed by atoms with Gasteiger partial charge >= 0.3 is 0 Å². The van der Waals surface area contributed by atoms with E-state index >= 15 is 0 Å². The maximum atomic E-state index is 13.4. The third kappa shape index (κ3) is 2.20. The van der Waals surface area contributed by atoms with Crippen molar-refractivity contribution in [2.45, 2.75) is 25.9 Å². The first kappa shape index (κ1) is 11.8. The van der Waals surface area contributed by atoms with E-state index in [4.69, 9.17) is 0 Å². The minimum atomic E-state index is -1.38. The van der Waals surface area contributed by atoms with Crippen LogP contribution in [0, 0.1) is 0 Å². The predicted octanol–water partition coefficient (Wildman–Crippen LogP) is 2.42. The number of imide groups is 1. The van der Waals surface area contributed by atoms with Crippen LogP contribution < -0.4 is 0 Å². The molecule has 0 N–H and O–H groups in total. The molecule has 0 bridgehead atoms. The Morgan fingerprint density at radius 1 is 1.12 bits per heavy atom. The van der Waals surface area contributed by atoms with E-state index in [-0.39, 0.29) is 24.8 Å². The van der Waals surface area contributed by atoms with Crippen LogP contribution in [-0.2, 0) is 0 Å². The van der Waals surface area contributed by atoms with Gasteiger partial charge in [-0.3, -0.25) is 14.5 Å². The molecule has 3 nitrogen and oxygen atoms in total. The average Bonchev–Trinajstić information content (AvgIpc) is 2.49. The van der Waals surface area contributed by atoms with Crippen LogP contribution in [0.4, 0.5) is 4.39 Å². The van der Waals surface area contributed by atoms with Crippen LogP contribution in [0.15, 0.2) is 24.3 Å². The number of hydrogen-bond acceptors (Lipinski definition) is 2. The summed E-state index contributed by atoms with van der Waals surface area (Å²) >= 11 is 0. The minimum Gasteiger partial charge on any atom is -0.274 e. The van der Waals surface area contributed by atoms with Crippen LogP contribution >= 0.6 is 0 Å². The number of halogens is 1. The fraction of sp³-hybridized carbons (Fsp3) is 0.385. The lowest BCUT2D eigenvalue weighted by molar-refractivity contribution is 0.0625. The van der Waals surface area contributed by atoms with Gasteiger partial charge in [-0.1, -0.05) is 12.1 Å². The van der Waals surface area contributed by atoms with Crippen molar-refractivity contribution in [1.82, 2.24) is 4.90 Å². The molecule has 0 saturated carbocycles. The molecule has 1 aliphatic rings. The van der Waals surface area contributed by atoms with Gasteiger partial charge in [0.25, 0.3) is 11.8 Å². The zero-order chi connectivity index (χ0) is 12.6. The molecule has 2 rings (SSSR count). The van der Waals surface area contributed by atoms with Gasteiger partial charge in [-0.25, -0.2) is 4.39 Å². The number of hydrogen-bond donors (Lipinski definition) is 0. The molecule has 0 aliphatic carbocycles. The number of alkyl halides is 1. The zero-order valence-electron chi connectivity index (χ0n) is 9.87. The molecule has 90 valence electrons. The highest BCUT2D eigenvalue weighted by atomic mass is 19.1. The van der Waals surface area contributed by atoms with Gasteiger partial charge in [0, 0.05) is 6.54 Å². The van der Waals surface area contributed by atoms with Crippen LogP contribution in [0.1, 0.15) is 41.0 Å². The SMILES string of the molecule is CC(C)(F)CCN1C(=O)c2ccccc2C1=O. The third-order valence-electron chi connectivity index (χ3n) is 2.81. The largest absolute Gasteiger partial charge is 0.274 e. The molecule has 0 atom stereocenters. The summed E-state index contributed by atoms with van der Waals surface area (Å²) in [6.45, 7) is 2.99. The van der Waals surface area contributed by atoms with E-state index in [0.29, 0.717) is 11.1 Å². The van der Waals surface area contributed by atoms with Crippen molar-refractivity contribution in [2.75, 3.05) is 6.54 Å². The Kier molecular flexibility index (Phi) is 2.73. The van der Waals surface area contributed by atoms with E-state index in [0.717, 1.165) is 4.90 Å². The normalized spacial score (nSPS) is 15.4. The van der Waals surface area contributed by atoms with Gasteiger partial charge in [0.05, 0.1) is 11.1 Å². The lowest BCUT2D eigenvalue weighted by Gasteiger charge is -2.19. The predicted molar refractivity (Wildman–Crippen MR) is 61.6 cm³/mol. The number of amides is 2. The molecule has 0 fully saturated rings. The molecule has 2 amide bonds. The van der Waals surface area contributed by atoms with Gasteiger partial charge in [0.1, 0.15) is 5.67 Å². The average molecular weight is 235 g/mol. The van der Waals surface area contributed by atoms with Gasteiger partial charge < -0.3 is 0 Å². The van der Waals surface area contributed by atoms with Crippen LogP contribution in [0.3, 0.4) is 0 Å². The van der Waals surface area contributed by atoms with Crippen molar-refractivity contribution in [3.63, 3.8) is 0 Å². The second-order valence-electron chi connectivity index (χ2n) is 4.78. The quantitative estimate of drug-likeness (QED) is 0.754. The van der Waals surface area contributed by atoms with Crippen molar-refractivity contribution in [3.05, 3.63) is 35.4 Å². The summed E-state index contributed by atoms with van der Waals surface area (Å²) in [7, 11) is 0. The van der Waals surface area contributed by atoms with E-state index < -0.39 is 5.67 Å². The maximum Gasteiger partial charge on any atom is 0.261 e. The summed E-state index contributed by atoms with van der Waals surface area (Å²) in [6.07, 6.45) is 0.151. The number of nitrogens with zero attached hydrogens (tertiary/aromatic N) is 1.